The Morgan fingerprint density at radius 3 is 2.62 bits per heavy atom. The molecule has 0 saturated heterocycles. The fourth-order valence-electron chi connectivity index (χ4n) is 1.59. The first-order valence-electron chi connectivity index (χ1n) is 6.71. The van der Waals surface area contributed by atoms with E-state index in [2.05, 4.69) is 5.32 Å². The van der Waals surface area contributed by atoms with Crippen LogP contribution in [0.15, 0.2) is 12.1 Å². The molecule has 0 fully saturated rings. The molecule has 0 aliphatic carbocycles. The molecule has 0 aliphatic rings. The minimum absolute atomic E-state index is 0. The number of rotatable bonds is 8. The number of hydrogen-bond acceptors (Lipinski definition) is 4. The molecule has 0 radical (unpaired) electrons. The van der Waals surface area contributed by atoms with Crippen LogP contribution in [0.3, 0.4) is 0 Å². The van der Waals surface area contributed by atoms with Gasteiger partial charge in [0, 0.05) is 18.7 Å². The minimum atomic E-state index is -0.236. The highest BCUT2D eigenvalue weighted by molar-refractivity contribution is 6.32. The monoisotopic (exact) mass is 336 g/mol. The van der Waals surface area contributed by atoms with Gasteiger partial charge in [0.15, 0.2) is 11.5 Å². The zero-order valence-electron chi connectivity index (χ0n) is 12.3. The quantitative estimate of drug-likeness (QED) is 0.765. The summed E-state index contributed by atoms with van der Waals surface area (Å²) in [5.74, 6) is 0.720. The second-order valence-electron chi connectivity index (χ2n) is 4.11. The minimum Gasteiger partial charge on any atom is -0.490 e. The van der Waals surface area contributed by atoms with Crippen LogP contribution < -0.4 is 20.5 Å². The predicted molar refractivity (Wildman–Crippen MR) is 87.0 cm³/mol. The van der Waals surface area contributed by atoms with E-state index in [4.69, 9.17) is 26.8 Å². The van der Waals surface area contributed by atoms with Gasteiger partial charge in [-0.3, -0.25) is 4.79 Å². The lowest BCUT2D eigenvalue weighted by Gasteiger charge is -2.14. The fraction of sp³-hybridized carbons (Fsp3) is 0.500. The van der Waals surface area contributed by atoms with Crippen LogP contribution in [-0.4, -0.2) is 32.2 Å². The Bertz CT molecular complexity index is 456. The zero-order valence-corrected chi connectivity index (χ0v) is 13.9. The number of amides is 1. The Morgan fingerprint density at radius 2 is 2.05 bits per heavy atom. The van der Waals surface area contributed by atoms with Gasteiger partial charge in [0.05, 0.1) is 18.2 Å². The van der Waals surface area contributed by atoms with Crippen LogP contribution >= 0.6 is 24.0 Å². The first-order valence-corrected chi connectivity index (χ1v) is 7.09. The molecule has 0 atom stereocenters. The molecule has 0 aromatic heterocycles. The molecule has 0 saturated carbocycles. The van der Waals surface area contributed by atoms with E-state index >= 15 is 0 Å². The van der Waals surface area contributed by atoms with Crippen LogP contribution in [0.1, 0.15) is 30.6 Å². The maximum Gasteiger partial charge on any atom is 0.251 e. The molecular weight excluding hydrogens is 315 g/mol. The number of ether oxygens (including phenoxy) is 2. The lowest BCUT2D eigenvalue weighted by molar-refractivity contribution is 0.0954. The molecule has 120 valence electrons. The van der Waals surface area contributed by atoms with Gasteiger partial charge in [-0.1, -0.05) is 18.5 Å². The summed E-state index contributed by atoms with van der Waals surface area (Å²) in [6.07, 6.45) is 0.862. The summed E-state index contributed by atoms with van der Waals surface area (Å²) in [4.78, 5) is 11.9. The van der Waals surface area contributed by atoms with Crippen molar-refractivity contribution >= 4 is 29.9 Å². The maximum absolute atomic E-state index is 11.9. The van der Waals surface area contributed by atoms with E-state index in [1.807, 2.05) is 13.8 Å². The molecule has 21 heavy (non-hydrogen) atoms. The van der Waals surface area contributed by atoms with Crippen molar-refractivity contribution in [1.29, 1.82) is 0 Å². The predicted octanol–water partition coefficient (Wildman–Crippen LogP) is 2.64. The summed E-state index contributed by atoms with van der Waals surface area (Å²) in [5, 5.41) is 3.05. The third-order valence-corrected chi connectivity index (χ3v) is 2.73. The summed E-state index contributed by atoms with van der Waals surface area (Å²) in [6.45, 7) is 5.66. The van der Waals surface area contributed by atoms with Crippen molar-refractivity contribution in [2.75, 3.05) is 26.3 Å². The number of halogens is 2. The molecule has 3 N–H and O–H groups in total. The standard InChI is InChI=1S/C14H21ClN2O3.ClH/c1-3-7-20-13-11(15)8-10(9-12(13)19-4-2)14(18)17-6-5-16;/h8-9H,3-7,16H2,1-2H3,(H,17,18);1H. The van der Waals surface area contributed by atoms with Crippen molar-refractivity contribution in [3.63, 3.8) is 0 Å². The second kappa shape index (κ2) is 10.5. The van der Waals surface area contributed by atoms with E-state index < -0.39 is 0 Å². The van der Waals surface area contributed by atoms with Crippen molar-refractivity contribution in [1.82, 2.24) is 5.32 Å². The number of hydrogen-bond donors (Lipinski definition) is 2. The summed E-state index contributed by atoms with van der Waals surface area (Å²) in [7, 11) is 0. The van der Waals surface area contributed by atoms with E-state index in [0.29, 0.717) is 48.4 Å². The lowest BCUT2D eigenvalue weighted by atomic mass is 10.2. The molecule has 1 aromatic carbocycles. The first kappa shape index (κ1) is 19.8. The Hall–Kier alpha value is -1.17. The molecule has 0 aliphatic heterocycles. The van der Waals surface area contributed by atoms with Gasteiger partial charge in [0.2, 0.25) is 0 Å². The number of carbonyl (C=O) groups excluding carboxylic acids is 1. The Labute approximate surface area is 136 Å². The third-order valence-electron chi connectivity index (χ3n) is 2.45. The third kappa shape index (κ3) is 5.99. The van der Waals surface area contributed by atoms with Gasteiger partial charge in [-0.15, -0.1) is 12.4 Å². The summed E-state index contributed by atoms with van der Waals surface area (Å²) in [6, 6.07) is 3.20. The average molecular weight is 337 g/mol. The van der Waals surface area contributed by atoms with E-state index in [0.717, 1.165) is 6.42 Å². The largest absolute Gasteiger partial charge is 0.490 e. The molecule has 0 bridgehead atoms. The van der Waals surface area contributed by atoms with Crippen molar-refractivity contribution in [2.45, 2.75) is 20.3 Å². The van der Waals surface area contributed by atoms with Crippen LogP contribution in [0.4, 0.5) is 0 Å². The van der Waals surface area contributed by atoms with Gasteiger partial charge in [0.1, 0.15) is 0 Å². The topological polar surface area (TPSA) is 73.6 Å². The van der Waals surface area contributed by atoms with Gasteiger partial charge in [-0.2, -0.15) is 0 Å². The summed E-state index contributed by atoms with van der Waals surface area (Å²) in [5.41, 5.74) is 5.78. The number of nitrogens with two attached hydrogens (primary N) is 1. The van der Waals surface area contributed by atoms with Gasteiger partial charge in [-0.05, 0) is 25.5 Å². The van der Waals surface area contributed by atoms with Gasteiger partial charge >= 0.3 is 0 Å². The molecule has 0 unspecified atom stereocenters. The average Bonchev–Trinajstić information content (AvgIpc) is 2.44. The van der Waals surface area contributed by atoms with Crippen molar-refractivity contribution in [2.24, 2.45) is 5.73 Å². The van der Waals surface area contributed by atoms with Crippen LogP contribution in [0.2, 0.25) is 5.02 Å². The molecule has 1 aromatic rings. The fourth-order valence-corrected chi connectivity index (χ4v) is 1.86. The Balaban J connectivity index is 0.00000400. The van der Waals surface area contributed by atoms with Gasteiger partial charge < -0.3 is 20.5 Å². The van der Waals surface area contributed by atoms with E-state index in [9.17, 15) is 4.79 Å². The number of nitrogens with one attached hydrogen (secondary N) is 1. The first-order chi connectivity index (χ1) is 9.63. The highest BCUT2D eigenvalue weighted by Crippen LogP contribution is 2.36. The molecule has 0 spiro atoms. The number of carbonyl (C=O) groups is 1. The molecule has 0 heterocycles. The van der Waals surface area contributed by atoms with Gasteiger partial charge in [0.25, 0.3) is 5.91 Å². The SMILES string of the molecule is CCCOc1c(Cl)cc(C(=O)NCCN)cc1OCC.Cl. The maximum atomic E-state index is 11.9. The normalized spacial score (nSPS) is 9.71. The molecule has 5 nitrogen and oxygen atoms in total. The van der Waals surface area contributed by atoms with Gasteiger partial charge in [-0.25, -0.2) is 0 Å². The Morgan fingerprint density at radius 1 is 1.33 bits per heavy atom. The van der Waals surface area contributed by atoms with Crippen LogP contribution in [0.25, 0.3) is 0 Å². The Kier molecular flexibility index (Phi) is 9.95. The molecule has 1 amide bonds. The molecule has 1 rings (SSSR count). The summed E-state index contributed by atoms with van der Waals surface area (Å²) >= 11 is 6.17. The lowest BCUT2D eigenvalue weighted by Crippen LogP contribution is -2.29. The zero-order chi connectivity index (χ0) is 15.0. The van der Waals surface area contributed by atoms with E-state index in [-0.39, 0.29) is 18.3 Å². The van der Waals surface area contributed by atoms with E-state index in [1.165, 1.54) is 0 Å². The van der Waals surface area contributed by atoms with E-state index in [1.54, 1.807) is 12.1 Å². The van der Waals surface area contributed by atoms with Crippen LogP contribution in [-0.2, 0) is 0 Å². The second-order valence-corrected chi connectivity index (χ2v) is 4.52. The van der Waals surface area contributed by atoms with Crippen LogP contribution in [0.5, 0.6) is 11.5 Å². The van der Waals surface area contributed by atoms with Crippen molar-refractivity contribution in [3.8, 4) is 11.5 Å². The molecule has 7 heteroatoms. The smallest absolute Gasteiger partial charge is 0.251 e. The highest BCUT2D eigenvalue weighted by Gasteiger charge is 2.15. The highest BCUT2D eigenvalue weighted by atomic mass is 35.5. The number of benzene rings is 1. The van der Waals surface area contributed by atoms with Crippen molar-refractivity contribution in [3.05, 3.63) is 22.7 Å². The van der Waals surface area contributed by atoms with Crippen LogP contribution in [0, 0.1) is 0 Å². The van der Waals surface area contributed by atoms with Crippen molar-refractivity contribution < 1.29 is 14.3 Å². The molecular formula is C14H22Cl2N2O3. The summed E-state index contributed by atoms with van der Waals surface area (Å²) < 4.78 is 11.1.